The van der Waals surface area contributed by atoms with Gasteiger partial charge in [-0.1, -0.05) is 19.1 Å². The second kappa shape index (κ2) is 9.56. The average Bonchev–Trinajstić information content (AvgIpc) is 2.88. The van der Waals surface area contributed by atoms with Gasteiger partial charge in [0.05, 0.1) is 0 Å². The molecule has 136 valence electrons. The summed E-state index contributed by atoms with van der Waals surface area (Å²) in [5.74, 6) is 1.19. The number of nitrogens with zero attached hydrogens (tertiary/aromatic N) is 2. The molecule has 1 aliphatic heterocycles. The van der Waals surface area contributed by atoms with E-state index in [0.717, 1.165) is 24.6 Å². The van der Waals surface area contributed by atoms with Gasteiger partial charge in [-0.15, -0.1) is 24.0 Å². The maximum Gasteiger partial charge on any atom is 0.191 e. The second-order valence-corrected chi connectivity index (χ2v) is 6.79. The van der Waals surface area contributed by atoms with Crippen molar-refractivity contribution in [2.24, 2.45) is 10.9 Å². The molecule has 2 N–H and O–H groups in total. The largest absolute Gasteiger partial charge is 0.352 e. The zero-order chi connectivity index (χ0) is 17.0. The number of aliphatic imine (C=N–C) groups is 1. The number of benzene rings is 1. The van der Waals surface area contributed by atoms with Gasteiger partial charge in [-0.05, 0) is 43.9 Å². The van der Waals surface area contributed by atoms with Crippen LogP contribution in [0.5, 0.6) is 0 Å². The van der Waals surface area contributed by atoms with Gasteiger partial charge in [-0.3, -0.25) is 9.89 Å². The fourth-order valence-electron chi connectivity index (χ4n) is 2.92. The Morgan fingerprint density at radius 1 is 1.38 bits per heavy atom. The third-order valence-corrected chi connectivity index (χ3v) is 4.61. The smallest absolute Gasteiger partial charge is 0.191 e. The highest BCUT2D eigenvalue weighted by Gasteiger charge is 2.31. The average molecular weight is 448 g/mol. The Morgan fingerprint density at radius 2 is 2.08 bits per heavy atom. The maximum atomic E-state index is 13.6. The Balaban J connectivity index is 0.00000288. The summed E-state index contributed by atoms with van der Waals surface area (Å²) in [7, 11) is 1.77. The van der Waals surface area contributed by atoms with Crippen molar-refractivity contribution in [1.82, 2.24) is 15.5 Å². The molecule has 2 atom stereocenters. The predicted molar refractivity (Wildman–Crippen MR) is 110 cm³/mol. The highest BCUT2D eigenvalue weighted by Crippen LogP contribution is 2.18. The van der Waals surface area contributed by atoms with Crippen molar-refractivity contribution in [3.63, 3.8) is 0 Å². The van der Waals surface area contributed by atoms with E-state index in [1.54, 1.807) is 20.0 Å². The fourth-order valence-corrected chi connectivity index (χ4v) is 2.92. The molecule has 1 fully saturated rings. The lowest BCUT2D eigenvalue weighted by Gasteiger charge is -2.22. The first kappa shape index (κ1) is 21.2. The van der Waals surface area contributed by atoms with Crippen LogP contribution in [-0.2, 0) is 6.54 Å². The van der Waals surface area contributed by atoms with Gasteiger partial charge >= 0.3 is 0 Å². The van der Waals surface area contributed by atoms with E-state index in [4.69, 9.17) is 0 Å². The number of hydrogen-bond acceptors (Lipinski definition) is 2. The summed E-state index contributed by atoms with van der Waals surface area (Å²) in [6, 6.07) is 6.28. The normalized spacial score (nSPS) is 21.7. The molecule has 0 amide bonds. The minimum absolute atomic E-state index is 0. The molecule has 6 heteroatoms. The molecular formula is C18H30FIN4. The Bertz CT molecular complexity index is 562. The summed E-state index contributed by atoms with van der Waals surface area (Å²) >= 11 is 0. The summed E-state index contributed by atoms with van der Waals surface area (Å²) in [6.45, 7) is 11.2. The molecule has 0 spiro atoms. The highest BCUT2D eigenvalue weighted by atomic mass is 127. The van der Waals surface area contributed by atoms with Crippen LogP contribution in [0.4, 0.5) is 4.39 Å². The fraction of sp³-hybridized carbons (Fsp3) is 0.611. The van der Waals surface area contributed by atoms with Gasteiger partial charge in [-0.2, -0.15) is 0 Å². The summed E-state index contributed by atoms with van der Waals surface area (Å²) in [6.07, 6.45) is 0. The van der Waals surface area contributed by atoms with Crippen LogP contribution in [0, 0.1) is 18.7 Å². The Morgan fingerprint density at radius 3 is 2.62 bits per heavy atom. The van der Waals surface area contributed by atoms with Crippen molar-refractivity contribution in [2.45, 2.75) is 46.3 Å². The van der Waals surface area contributed by atoms with Gasteiger partial charge in [0, 0.05) is 38.8 Å². The zero-order valence-corrected chi connectivity index (χ0v) is 17.6. The van der Waals surface area contributed by atoms with E-state index >= 15 is 0 Å². The molecule has 0 aromatic heterocycles. The number of halogens is 2. The predicted octanol–water partition coefficient (Wildman–Crippen LogP) is 3.15. The van der Waals surface area contributed by atoms with E-state index in [2.05, 4.69) is 41.3 Å². The minimum atomic E-state index is -0.163. The maximum absolute atomic E-state index is 13.6. The quantitative estimate of drug-likeness (QED) is 0.423. The molecule has 2 rings (SSSR count). The first-order chi connectivity index (χ1) is 10.9. The molecule has 0 saturated carbocycles. The summed E-state index contributed by atoms with van der Waals surface area (Å²) < 4.78 is 13.6. The first-order valence-electron chi connectivity index (χ1n) is 8.37. The summed E-state index contributed by atoms with van der Waals surface area (Å²) in [4.78, 5) is 6.77. The van der Waals surface area contributed by atoms with Crippen LogP contribution < -0.4 is 10.6 Å². The van der Waals surface area contributed by atoms with Crippen LogP contribution in [0.2, 0.25) is 0 Å². The Hall–Kier alpha value is -0.890. The van der Waals surface area contributed by atoms with E-state index in [1.807, 2.05) is 12.1 Å². The van der Waals surface area contributed by atoms with Crippen molar-refractivity contribution in [2.75, 3.05) is 20.1 Å². The van der Waals surface area contributed by atoms with E-state index in [-0.39, 0.29) is 29.8 Å². The molecular weight excluding hydrogens is 418 g/mol. The number of likely N-dealkylation sites (tertiary alicyclic amines) is 1. The number of hydrogen-bond donors (Lipinski definition) is 2. The Kier molecular flexibility index (Phi) is 8.42. The number of guanidine groups is 1. The van der Waals surface area contributed by atoms with Gasteiger partial charge in [0.2, 0.25) is 0 Å². The zero-order valence-electron chi connectivity index (χ0n) is 15.3. The molecule has 0 bridgehead atoms. The van der Waals surface area contributed by atoms with Crippen molar-refractivity contribution in [3.05, 3.63) is 35.1 Å². The number of nitrogens with one attached hydrogen (secondary N) is 2. The number of rotatable bonds is 4. The van der Waals surface area contributed by atoms with Crippen molar-refractivity contribution < 1.29 is 4.39 Å². The molecule has 0 radical (unpaired) electrons. The molecule has 24 heavy (non-hydrogen) atoms. The highest BCUT2D eigenvalue weighted by molar-refractivity contribution is 14.0. The van der Waals surface area contributed by atoms with Gasteiger partial charge in [0.25, 0.3) is 0 Å². The second-order valence-electron chi connectivity index (χ2n) is 6.79. The monoisotopic (exact) mass is 448 g/mol. The van der Waals surface area contributed by atoms with Crippen molar-refractivity contribution >= 4 is 29.9 Å². The summed E-state index contributed by atoms with van der Waals surface area (Å²) in [5, 5.41) is 6.78. The van der Waals surface area contributed by atoms with Gasteiger partial charge < -0.3 is 10.6 Å². The third kappa shape index (κ3) is 5.58. The molecule has 1 heterocycles. The van der Waals surface area contributed by atoms with Gasteiger partial charge in [0.1, 0.15) is 5.82 Å². The van der Waals surface area contributed by atoms with Crippen LogP contribution in [-0.4, -0.2) is 43.1 Å². The van der Waals surface area contributed by atoms with Gasteiger partial charge in [-0.25, -0.2) is 4.39 Å². The van der Waals surface area contributed by atoms with E-state index in [9.17, 15) is 4.39 Å². The molecule has 1 aromatic carbocycles. The number of aryl methyl sites for hydroxylation is 1. The molecule has 4 nitrogen and oxygen atoms in total. The van der Waals surface area contributed by atoms with Crippen molar-refractivity contribution in [1.29, 1.82) is 0 Å². The minimum Gasteiger partial charge on any atom is -0.352 e. The molecule has 1 saturated heterocycles. The van der Waals surface area contributed by atoms with E-state index in [1.165, 1.54) is 0 Å². The molecule has 2 unspecified atom stereocenters. The molecule has 0 aliphatic carbocycles. The molecule has 1 aliphatic rings. The van der Waals surface area contributed by atoms with E-state index in [0.29, 0.717) is 30.1 Å². The van der Waals surface area contributed by atoms with Crippen LogP contribution in [0.15, 0.2) is 23.2 Å². The van der Waals surface area contributed by atoms with Crippen molar-refractivity contribution in [3.8, 4) is 0 Å². The lowest BCUT2D eigenvalue weighted by atomic mass is 10.1. The SMILES string of the molecule is CN=C(NCc1ccc(C)c(F)c1)NC1CN(C(C)C)CC1C.I. The van der Waals surface area contributed by atoms with E-state index < -0.39 is 0 Å². The Labute approximate surface area is 162 Å². The van der Waals surface area contributed by atoms with Crippen LogP contribution in [0.25, 0.3) is 0 Å². The topological polar surface area (TPSA) is 39.7 Å². The van der Waals surface area contributed by atoms with Crippen LogP contribution in [0.1, 0.15) is 31.9 Å². The standard InChI is InChI=1S/C18H29FN4.HI/c1-12(2)23-10-14(4)17(11-23)22-18(20-5)21-9-15-7-6-13(3)16(19)8-15;/h6-8,12,14,17H,9-11H2,1-5H3,(H2,20,21,22);1H. The summed E-state index contributed by atoms with van der Waals surface area (Å²) in [5.41, 5.74) is 1.59. The first-order valence-corrected chi connectivity index (χ1v) is 8.37. The third-order valence-electron chi connectivity index (χ3n) is 4.61. The van der Waals surface area contributed by atoms with Gasteiger partial charge in [0.15, 0.2) is 5.96 Å². The lowest BCUT2D eigenvalue weighted by Crippen LogP contribution is -2.46. The van der Waals surface area contributed by atoms with Crippen LogP contribution >= 0.6 is 24.0 Å². The van der Waals surface area contributed by atoms with Crippen LogP contribution in [0.3, 0.4) is 0 Å². The molecule has 1 aromatic rings. The lowest BCUT2D eigenvalue weighted by molar-refractivity contribution is 0.265.